The summed E-state index contributed by atoms with van der Waals surface area (Å²) in [6.07, 6.45) is 0. The van der Waals surface area contributed by atoms with Crippen LogP contribution >= 0.6 is 23.1 Å². The van der Waals surface area contributed by atoms with Crippen molar-refractivity contribution in [2.24, 2.45) is 0 Å². The first-order valence-electron chi connectivity index (χ1n) is 7.90. The van der Waals surface area contributed by atoms with Gasteiger partial charge in [0.2, 0.25) is 5.91 Å². The molecule has 23 heavy (non-hydrogen) atoms. The van der Waals surface area contributed by atoms with Gasteiger partial charge in [0.1, 0.15) is 0 Å². The predicted octanol–water partition coefficient (Wildman–Crippen LogP) is 4.94. The topological polar surface area (TPSA) is 33.2 Å². The first kappa shape index (κ1) is 18.0. The average molecular weight is 349 g/mol. The largest absolute Gasteiger partial charge is 0.337 e. The summed E-state index contributed by atoms with van der Waals surface area (Å²) in [5, 5.41) is 1.92. The molecule has 124 valence electrons. The minimum atomic E-state index is -0.130. The van der Waals surface area contributed by atoms with Crippen LogP contribution in [0.3, 0.4) is 0 Å². The van der Waals surface area contributed by atoms with Crippen LogP contribution in [0.25, 0.3) is 11.3 Å². The molecule has 1 aromatic carbocycles. The molecule has 1 amide bonds. The standard InChI is InChI=1S/C18H24N2OS2/c1-12(2)20(13(3)4)17(21)14(5)23-18-19-16(11-22-18)15-9-7-6-8-10-15/h6-14H,1-5H3. The molecule has 0 fully saturated rings. The maximum absolute atomic E-state index is 12.7. The Labute approximate surface area is 147 Å². The van der Waals surface area contributed by atoms with Gasteiger partial charge in [-0.15, -0.1) is 11.3 Å². The Kier molecular flexibility index (Phi) is 6.25. The fourth-order valence-electron chi connectivity index (χ4n) is 2.57. The van der Waals surface area contributed by atoms with Gasteiger partial charge in [-0.05, 0) is 34.6 Å². The molecule has 1 atom stereocenters. The highest BCUT2D eigenvalue weighted by Crippen LogP contribution is 2.31. The number of rotatable bonds is 6. The van der Waals surface area contributed by atoms with Crippen molar-refractivity contribution in [1.82, 2.24) is 9.88 Å². The van der Waals surface area contributed by atoms with E-state index in [-0.39, 0.29) is 23.2 Å². The van der Waals surface area contributed by atoms with Gasteiger partial charge in [-0.25, -0.2) is 4.98 Å². The number of benzene rings is 1. The fourth-order valence-corrected chi connectivity index (χ4v) is 4.60. The lowest BCUT2D eigenvalue weighted by Gasteiger charge is -2.32. The summed E-state index contributed by atoms with van der Waals surface area (Å²) in [5.41, 5.74) is 2.09. The minimum Gasteiger partial charge on any atom is -0.337 e. The van der Waals surface area contributed by atoms with E-state index in [4.69, 9.17) is 0 Å². The van der Waals surface area contributed by atoms with Crippen LogP contribution in [0.5, 0.6) is 0 Å². The quantitative estimate of drug-likeness (QED) is 0.694. The molecule has 1 unspecified atom stereocenters. The molecule has 2 aromatic rings. The van der Waals surface area contributed by atoms with E-state index < -0.39 is 0 Å². The third-order valence-corrected chi connectivity index (χ3v) is 5.60. The van der Waals surface area contributed by atoms with Crippen LogP contribution in [-0.4, -0.2) is 33.1 Å². The third-order valence-electron chi connectivity index (χ3n) is 3.55. The lowest BCUT2D eigenvalue weighted by molar-refractivity contribution is -0.133. The van der Waals surface area contributed by atoms with Crippen molar-refractivity contribution in [1.29, 1.82) is 0 Å². The van der Waals surface area contributed by atoms with E-state index in [1.165, 1.54) is 0 Å². The Balaban J connectivity index is 2.07. The number of thioether (sulfide) groups is 1. The van der Waals surface area contributed by atoms with Crippen LogP contribution < -0.4 is 0 Å². The molecule has 0 spiro atoms. The zero-order valence-electron chi connectivity index (χ0n) is 14.3. The highest BCUT2D eigenvalue weighted by atomic mass is 32.2. The number of nitrogens with zero attached hydrogens (tertiary/aromatic N) is 2. The normalized spacial score (nSPS) is 12.7. The first-order chi connectivity index (χ1) is 10.9. The number of aromatic nitrogens is 1. The Bertz CT molecular complexity index is 629. The molecule has 0 saturated heterocycles. The van der Waals surface area contributed by atoms with Gasteiger partial charge >= 0.3 is 0 Å². The summed E-state index contributed by atoms with van der Waals surface area (Å²) in [6, 6.07) is 10.5. The van der Waals surface area contributed by atoms with Gasteiger partial charge in [-0.3, -0.25) is 4.79 Å². The summed E-state index contributed by atoms with van der Waals surface area (Å²) in [7, 11) is 0. The lowest BCUT2D eigenvalue weighted by atomic mass is 10.2. The van der Waals surface area contributed by atoms with E-state index in [0.717, 1.165) is 15.6 Å². The summed E-state index contributed by atoms with van der Waals surface area (Å²) < 4.78 is 0.942. The fraction of sp³-hybridized carbons (Fsp3) is 0.444. The monoisotopic (exact) mass is 348 g/mol. The van der Waals surface area contributed by atoms with Crippen molar-refractivity contribution in [2.45, 2.75) is 56.3 Å². The van der Waals surface area contributed by atoms with E-state index in [9.17, 15) is 4.79 Å². The van der Waals surface area contributed by atoms with Crippen LogP contribution in [0.15, 0.2) is 40.1 Å². The number of hydrogen-bond acceptors (Lipinski definition) is 4. The average Bonchev–Trinajstić information content (AvgIpc) is 2.95. The van der Waals surface area contributed by atoms with Crippen LogP contribution in [-0.2, 0) is 4.79 Å². The van der Waals surface area contributed by atoms with E-state index in [1.54, 1.807) is 23.1 Å². The second-order valence-electron chi connectivity index (χ2n) is 6.06. The molecular weight excluding hydrogens is 324 g/mol. The number of carbonyl (C=O) groups is 1. The maximum atomic E-state index is 12.7. The Morgan fingerprint density at radius 3 is 2.26 bits per heavy atom. The first-order valence-corrected chi connectivity index (χ1v) is 9.66. The van der Waals surface area contributed by atoms with Gasteiger partial charge in [0, 0.05) is 23.0 Å². The summed E-state index contributed by atoms with van der Waals surface area (Å²) >= 11 is 3.15. The number of thiazole rings is 1. The molecule has 1 heterocycles. The molecule has 5 heteroatoms. The predicted molar refractivity (Wildman–Crippen MR) is 100.0 cm³/mol. The Morgan fingerprint density at radius 1 is 1.09 bits per heavy atom. The summed E-state index contributed by atoms with van der Waals surface area (Å²) in [5.74, 6) is 0.177. The second-order valence-corrected chi connectivity index (χ2v) is 8.50. The smallest absolute Gasteiger partial charge is 0.236 e. The van der Waals surface area contributed by atoms with E-state index in [2.05, 4.69) is 50.2 Å². The molecule has 1 aromatic heterocycles. The van der Waals surface area contributed by atoms with Crippen LogP contribution in [0.2, 0.25) is 0 Å². The van der Waals surface area contributed by atoms with Crippen molar-refractivity contribution in [2.75, 3.05) is 0 Å². The molecule has 0 aliphatic carbocycles. The summed E-state index contributed by atoms with van der Waals surface area (Å²) in [4.78, 5) is 19.3. The van der Waals surface area contributed by atoms with Crippen molar-refractivity contribution in [3.8, 4) is 11.3 Å². The summed E-state index contributed by atoms with van der Waals surface area (Å²) in [6.45, 7) is 10.2. The van der Waals surface area contributed by atoms with Gasteiger partial charge in [0.15, 0.2) is 4.34 Å². The minimum absolute atomic E-state index is 0.130. The van der Waals surface area contributed by atoms with Gasteiger partial charge in [-0.2, -0.15) is 0 Å². The molecule has 0 bridgehead atoms. The van der Waals surface area contributed by atoms with E-state index in [0.29, 0.717) is 0 Å². The van der Waals surface area contributed by atoms with Crippen molar-refractivity contribution < 1.29 is 4.79 Å². The molecule has 0 saturated carbocycles. The molecule has 0 N–H and O–H groups in total. The molecule has 3 nitrogen and oxygen atoms in total. The van der Waals surface area contributed by atoms with Crippen molar-refractivity contribution in [3.05, 3.63) is 35.7 Å². The number of amides is 1. The van der Waals surface area contributed by atoms with Gasteiger partial charge in [-0.1, -0.05) is 42.1 Å². The van der Waals surface area contributed by atoms with Crippen molar-refractivity contribution in [3.63, 3.8) is 0 Å². The van der Waals surface area contributed by atoms with Crippen molar-refractivity contribution >= 4 is 29.0 Å². The highest BCUT2D eigenvalue weighted by Gasteiger charge is 2.26. The number of carbonyl (C=O) groups excluding carboxylic acids is 1. The Hall–Kier alpha value is -1.33. The second kappa shape index (κ2) is 7.97. The van der Waals surface area contributed by atoms with Crippen LogP contribution in [0.1, 0.15) is 34.6 Å². The van der Waals surface area contributed by atoms with Crippen LogP contribution in [0.4, 0.5) is 0 Å². The van der Waals surface area contributed by atoms with Gasteiger partial charge in [0.05, 0.1) is 10.9 Å². The zero-order chi connectivity index (χ0) is 17.0. The SMILES string of the molecule is CC(Sc1nc(-c2ccccc2)cs1)C(=O)N(C(C)C)C(C)C. The highest BCUT2D eigenvalue weighted by molar-refractivity contribution is 8.02. The van der Waals surface area contributed by atoms with Crippen LogP contribution in [0, 0.1) is 0 Å². The maximum Gasteiger partial charge on any atom is 0.236 e. The van der Waals surface area contributed by atoms with Gasteiger partial charge < -0.3 is 4.90 Å². The molecule has 0 radical (unpaired) electrons. The lowest BCUT2D eigenvalue weighted by Crippen LogP contribution is -2.45. The molecule has 0 aliphatic heterocycles. The number of hydrogen-bond donors (Lipinski definition) is 0. The Morgan fingerprint density at radius 2 is 1.70 bits per heavy atom. The third kappa shape index (κ3) is 4.58. The van der Waals surface area contributed by atoms with E-state index >= 15 is 0 Å². The van der Waals surface area contributed by atoms with Gasteiger partial charge in [0.25, 0.3) is 0 Å². The molecular formula is C18H24N2OS2. The molecule has 0 aliphatic rings. The zero-order valence-corrected chi connectivity index (χ0v) is 15.9. The molecule has 2 rings (SSSR count). The van der Waals surface area contributed by atoms with E-state index in [1.807, 2.05) is 30.0 Å².